The second-order valence-corrected chi connectivity index (χ2v) is 7.38. The van der Waals surface area contributed by atoms with Gasteiger partial charge in [0.25, 0.3) is 5.91 Å². The molecule has 8 heteroatoms. The Kier molecular flexibility index (Phi) is 3.92. The molecule has 2 aliphatic rings. The van der Waals surface area contributed by atoms with Gasteiger partial charge in [-0.3, -0.25) is 4.79 Å². The summed E-state index contributed by atoms with van der Waals surface area (Å²) >= 11 is 0. The Balaban J connectivity index is 1.46. The third-order valence-electron chi connectivity index (χ3n) is 5.27. The molecular formula is C20H22N6O2. The molecule has 2 aromatic heterocycles. The molecule has 1 amide bonds. The summed E-state index contributed by atoms with van der Waals surface area (Å²) in [4.78, 5) is 27.4. The largest absolute Gasteiger partial charge is 0.481 e. The number of carbonyl (C=O) groups excluding carboxylic acids is 1. The Hall–Kier alpha value is -3.16. The second-order valence-electron chi connectivity index (χ2n) is 7.38. The molecule has 0 spiro atoms. The molecular weight excluding hydrogens is 356 g/mol. The molecule has 1 aromatic carbocycles. The summed E-state index contributed by atoms with van der Waals surface area (Å²) in [5.41, 5.74) is 4.16. The van der Waals surface area contributed by atoms with Gasteiger partial charge in [-0.15, -0.1) is 0 Å². The minimum Gasteiger partial charge on any atom is -0.481 e. The Bertz CT molecular complexity index is 1070. The summed E-state index contributed by atoms with van der Waals surface area (Å²) in [6, 6.07) is 5.68. The third kappa shape index (κ3) is 2.94. The number of likely N-dealkylation sites (N-methyl/N-ethyl adjacent to an activating group) is 1. The zero-order chi connectivity index (χ0) is 19.3. The van der Waals surface area contributed by atoms with E-state index >= 15 is 0 Å². The zero-order valence-electron chi connectivity index (χ0n) is 16.0. The van der Waals surface area contributed by atoms with Gasteiger partial charge in [-0.05, 0) is 44.7 Å². The predicted octanol–water partition coefficient (Wildman–Crippen LogP) is 3.03. The molecule has 0 bridgehead atoms. The highest BCUT2D eigenvalue weighted by molar-refractivity contribution is 5.98. The van der Waals surface area contributed by atoms with Gasteiger partial charge in [0.1, 0.15) is 11.3 Å². The van der Waals surface area contributed by atoms with E-state index in [-0.39, 0.29) is 12.5 Å². The Morgan fingerprint density at radius 3 is 2.93 bits per heavy atom. The number of fused-ring (bicyclic) bond motifs is 2. The molecule has 1 N–H and O–H groups in total. The summed E-state index contributed by atoms with van der Waals surface area (Å²) in [7, 11) is 0. The molecule has 28 heavy (non-hydrogen) atoms. The van der Waals surface area contributed by atoms with Crippen LogP contribution < -0.4 is 15.0 Å². The van der Waals surface area contributed by atoms with Crippen LogP contribution in [-0.4, -0.2) is 38.6 Å². The summed E-state index contributed by atoms with van der Waals surface area (Å²) in [6.07, 6.45) is 4.42. The highest BCUT2D eigenvalue weighted by Crippen LogP contribution is 2.35. The first-order chi connectivity index (χ1) is 13.6. The Morgan fingerprint density at radius 1 is 1.29 bits per heavy atom. The molecule has 1 aliphatic carbocycles. The van der Waals surface area contributed by atoms with E-state index in [1.165, 1.54) is 12.8 Å². The van der Waals surface area contributed by atoms with Gasteiger partial charge in [0.2, 0.25) is 5.95 Å². The lowest BCUT2D eigenvalue weighted by Gasteiger charge is -2.28. The summed E-state index contributed by atoms with van der Waals surface area (Å²) in [6.45, 7) is 5.54. The zero-order valence-corrected chi connectivity index (χ0v) is 16.0. The van der Waals surface area contributed by atoms with Crippen molar-refractivity contribution >= 4 is 34.4 Å². The predicted molar refractivity (Wildman–Crippen MR) is 106 cm³/mol. The Labute approximate surface area is 162 Å². The lowest BCUT2D eigenvalue weighted by atomic mass is 10.2. The smallest absolute Gasteiger partial charge is 0.265 e. The van der Waals surface area contributed by atoms with Crippen molar-refractivity contribution in [2.24, 2.45) is 5.92 Å². The van der Waals surface area contributed by atoms with Crippen LogP contribution in [0.25, 0.3) is 11.2 Å². The number of nitrogens with zero attached hydrogens (tertiary/aromatic N) is 5. The molecule has 0 saturated heterocycles. The lowest BCUT2D eigenvalue weighted by Crippen LogP contribution is -2.38. The van der Waals surface area contributed by atoms with Gasteiger partial charge in [0.15, 0.2) is 12.3 Å². The van der Waals surface area contributed by atoms with Gasteiger partial charge in [-0.25, -0.2) is 9.97 Å². The van der Waals surface area contributed by atoms with Crippen molar-refractivity contribution in [3.63, 3.8) is 0 Å². The molecule has 3 heterocycles. The first-order valence-corrected chi connectivity index (χ1v) is 9.66. The fourth-order valence-electron chi connectivity index (χ4n) is 3.61. The van der Waals surface area contributed by atoms with E-state index < -0.39 is 0 Å². The van der Waals surface area contributed by atoms with Gasteiger partial charge in [0.05, 0.1) is 17.7 Å². The van der Waals surface area contributed by atoms with Crippen molar-refractivity contribution < 1.29 is 9.53 Å². The van der Waals surface area contributed by atoms with Crippen LogP contribution in [0.5, 0.6) is 5.75 Å². The van der Waals surface area contributed by atoms with Crippen molar-refractivity contribution in [3.8, 4) is 5.75 Å². The number of aryl methyl sites for hydroxylation is 1. The van der Waals surface area contributed by atoms with E-state index in [1.54, 1.807) is 4.90 Å². The van der Waals surface area contributed by atoms with E-state index in [0.29, 0.717) is 18.2 Å². The highest BCUT2D eigenvalue weighted by atomic mass is 16.5. The molecule has 1 aliphatic heterocycles. The maximum Gasteiger partial charge on any atom is 0.265 e. The van der Waals surface area contributed by atoms with Crippen LogP contribution in [0, 0.1) is 12.8 Å². The van der Waals surface area contributed by atoms with Gasteiger partial charge < -0.3 is 19.5 Å². The van der Waals surface area contributed by atoms with E-state index in [1.807, 2.05) is 38.4 Å². The van der Waals surface area contributed by atoms with Crippen molar-refractivity contribution in [3.05, 3.63) is 30.2 Å². The van der Waals surface area contributed by atoms with E-state index in [4.69, 9.17) is 9.72 Å². The highest BCUT2D eigenvalue weighted by Gasteiger charge is 2.25. The molecule has 1 saturated carbocycles. The minimum absolute atomic E-state index is 0.0240. The average Bonchev–Trinajstić information content (AvgIpc) is 3.41. The van der Waals surface area contributed by atoms with Crippen molar-refractivity contribution in [1.82, 2.24) is 19.5 Å². The second kappa shape index (κ2) is 6.47. The number of hydrogen-bond acceptors (Lipinski definition) is 6. The van der Waals surface area contributed by atoms with E-state index in [0.717, 1.165) is 40.7 Å². The number of nitrogens with one attached hydrogen (secondary N) is 1. The summed E-state index contributed by atoms with van der Waals surface area (Å²) in [5, 5.41) is 3.27. The topological polar surface area (TPSA) is 85.2 Å². The van der Waals surface area contributed by atoms with Crippen LogP contribution in [-0.2, 0) is 11.3 Å². The average molecular weight is 378 g/mol. The first-order valence-electron chi connectivity index (χ1n) is 9.66. The van der Waals surface area contributed by atoms with Crippen LogP contribution in [0.3, 0.4) is 0 Å². The maximum absolute atomic E-state index is 12.0. The Morgan fingerprint density at radius 2 is 2.14 bits per heavy atom. The standard InChI is InChI=1S/C20H22N6O2/c1-3-26-15-7-6-14(8-16(15)28-10-17(26)27)23-20-22-12(2)18-19(24-20)25(11-21-18)9-13-4-5-13/h6-8,11,13H,3-5,9-10H2,1-2H3,(H,22,23,24). The van der Waals surface area contributed by atoms with Crippen LogP contribution >= 0.6 is 0 Å². The normalized spacial score (nSPS) is 16.2. The number of anilines is 3. The molecule has 144 valence electrons. The van der Waals surface area contributed by atoms with Crippen LogP contribution in [0.15, 0.2) is 24.5 Å². The molecule has 0 atom stereocenters. The fourth-order valence-corrected chi connectivity index (χ4v) is 3.61. The minimum atomic E-state index is -0.0240. The molecule has 8 nitrogen and oxygen atoms in total. The summed E-state index contributed by atoms with van der Waals surface area (Å²) < 4.78 is 7.73. The van der Waals surface area contributed by atoms with Gasteiger partial charge >= 0.3 is 0 Å². The molecule has 1 fully saturated rings. The number of aromatic nitrogens is 4. The molecule has 0 unspecified atom stereocenters. The number of carbonyl (C=O) groups is 1. The van der Waals surface area contributed by atoms with Crippen molar-refractivity contribution in [2.75, 3.05) is 23.4 Å². The van der Waals surface area contributed by atoms with Gasteiger partial charge in [0, 0.05) is 24.8 Å². The first kappa shape index (κ1) is 17.0. The van der Waals surface area contributed by atoms with Crippen molar-refractivity contribution in [2.45, 2.75) is 33.2 Å². The quantitative estimate of drug-likeness (QED) is 0.735. The number of amides is 1. The van der Waals surface area contributed by atoms with E-state index in [9.17, 15) is 4.79 Å². The SMILES string of the molecule is CCN1C(=O)COc2cc(Nc3nc(C)c4ncn(CC5CC5)c4n3)ccc21. The third-order valence-corrected chi connectivity index (χ3v) is 5.27. The van der Waals surface area contributed by atoms with Crippen molar-refractivity contribution in [1.29, 1.82) is 0 Å². The summed E-state index contributed by atoms with van der Waals surface area (Å²) in [5.74, 6) is 1.93. The molecule has 0 radical (unpaired) electrons. The monoisotopic (exact) mass is 378 g/mol. The number of benzene rings is 1. The number of rotatable bonds is 5. The number of ether oxygens (including phenoxy) is 1. The number of imidazole rings is 1. The van der Waals surface area contributed by atoms with Crippen LogP contribution in [0.4, 0.5) is 17.3 Å². The maximum atomic E-state index is 12.0. The van der Waals surface area contributed by atoms with Crippen LogP contribution in [0.2, 0.25) is 0 Å². The molecule has 5 rings (SSSR count). The van der Waals surface area contributed by atoms with Crippen LogP contribution in [0.1, 0.15) is 25.5 Å². The molecule has 3 aromatic rings. The van der Waals surface area contributed by atoms with Gasteiger partial charge in [-0.1, -0.05) is 0 Å². The van der Waals surface area contributed by atoms with Gasteiger partial charge in [-0.2, -0.15) is 4.98 Å². The fraction of sp³-hybridized carbons (Fsp3) is 0.400. The lowest BCUT2D eigenvalue weighted by molar-refractivity contribution is -0.121. The number of hydrogen-bond donors (Lipinski definition) is 1. The van der Waals surface area contributed by atoms with E-state index in [2.05, 4.69) is 19.9 Å².